The van der Waals surface area contributed by atoms with E-state index in [0.29, 0.717) is 28.5 Å². The lowest BCUT2D eigenvalue weighted by Gasteiger charge is -2.44. The van der Waals surface area contributed by atoms with E-state index < -0.39 is 0 Å². The summed E-state index contributed by atoms with van der Waals surface area (Å²) in [6.45, 7) is 4.12. The van der Waals surface area contributed by atoms with E-state index in [1.165, 1.54) is 0 Å². The van der Waals surface area contributed by atoms with Gasteiger partial charge in [0.05, 0.1) is 10.0 Å². The van der Waals surface area contributed by atoms with Gasteiger partial charge in [-0.25, -0.2) is 10.0 Å². The monoisotopic (exact) mass is 380 g/mol. The van der Waals surface area contributed by atoms with Gasteiger partial charge in [0, 0.05) is 44.1 Å². The Kier molecular flexibility index (Phi) is 4.73. The van der Waals surface area contributed by atoms with Crippen molar-refractivity contribution in [2.45, 2.75) is 39.0 Å². The number of Topliss-reactive ketones (excluding diaryl/α,β-unsaturated/α-hetero) is 1. The molecule has 1 aliphatic carbocycles. The Hall–Kier alpha value is -1.36. The van der Waals surface area contributed by atoms with Gasteiger partial charge in [0.2, 0.25) is 5.91 Å². The third kappa shape index (κ3) is 3.23. The van der Waals surface area contributed by atoms with Crippen LogP contribution in [0.25, 0.3) is 0 Å². The Morgan fingerprint density at radius 3 is 2.48 bits per heavy atom. The van der Waals surface area contributed by atoms with Crippen molar-refractivity contribution in [2.75, 3.05) is 14.1 Å². The third-order valence-electron chi connectivity index (χ3n) is 4.87. The minimum atomic E-state index is -0.339. The number of rotatable bonds is 2. The van der Waals surface area contributed by atoms with Crippen molar-refractivity contribution in [3.63, 3.8) is 0 Å². The number of halogens is 2. The molecule has 0 saturated carbocycles. The van der Waals surface area contributed by atoms with E-state index >= 15 is 0 Å². The number of carbonyl (C=O) groups is 2. The Balaban J connectivity index is 2.21. The minimum absolute atomic E-state index is 0.0321. The van der Waals surface area contributed by atoms with Gasteiger partial charge < -0.3 is 0 Å². The first-order chi connectivity index (χ1) is 11.6. The van der Waals surface area contributed by atoms with Crippen molar-refractivity contribution in [2.24, 2.45) is 5.41 Å². The van der Waals surface area contributed by atoms with E-state index in [1.807, 2.05) is 26.2 Å². The molecule has 0 spiro atoms. The maximum Gasteiger partial charge on any atom is 0.242 e. The molecule has 0 aromatic heterocycles. The molecule has 0 radical (unpaired) electrons. The summed E-state index contributed by atoms with van der Waals surface area (Å²) in [6.07, 6.45) is 1.35. The fourth-order valence-corrected chi connectivity index (χ4v) is 4.36. The van der Waals surface area contributed by atoms with E-state index in [9.17, 15) is 9.59 Å². The van der Waals surface area contributed by atoms with E-state index in [1.54, 1.807) is 16.1 Å². The topological polar surface area (TPSA) is 40.6 Å². The average Bonchev–Trinajstić information content (AvgIpc) is 2.47. The van der Waals surface area contributed by atoms with Crippen LogP contribution >= 0.6 is 23.2 Å². The zero-order chi connectivity index (χ0) is 18.5. The van der Waals surface area contributed by atoms with Crippen LogP contribution in [-0.4, -0.2) is 35.8 Å². The summed E-state index contributed by atoms with van der Waals surface area (Å²) in [5.74, 6) is -0.282. The number of allylic oxidation sites excluding steroid dienone is 2. The lowest BCUT2D eigenvalue weighted by Crippen LogP contribution is -2.49. The van der Waals surface area contributed by atoms with E-state index in [2.05, 4.69) is 13.8 Å². The number of amides is 1. The fourth-order valence-electron chi connectivity index (χ4n) is 3.92. The van der Waals surface area contributed by atoms with Crippen LogP contribution in [0.1, 0.15) is 44.6 Å². The number of carbonyl (C=O) groups excluding carboxylic acids is 2. The van der Waals surface area contributed by atoms with Gasteiger partial charge in [0.15, 0.2) is 5.78 Å². The van der Waals surface area contributed by atoms with Crippen LogP contribution in [0.5, 0.6) is 0 Å². The molecule has 1 heterocycles. The first-order valence-electron chi connectivity index (χ1n) is 8.33. The molecule has 0 fully saturated rings. The number of ketones is 1. The predicted molar refractivity (Wildman–Crippen MR) is 99.4 cm³/mol. The van der Waals surface area contributed by atoms with Crippen LogP contribution in [0.3, 0.4) is 0 Å². The van der Waals surface area contributed by atoms with Crippen LogP contribution in [0.15, 0.2) is 29.5 Å². The molecular weight excluding hydrogens is 359 g/mol. The van der Waals surface area contributed by atoms with Gasteiger partial charge in [-0.2, -0.15) is 0 Å². The van der Waals surface area contributed by atoms with Crippen LogP contribution in [0.2, 0.25) is 10.0 Å². The van der Waals surface area contributed by atoms with Crippen molar-refractivity contribution in [1.82, 2.24) is 10.0 Å². The summed E-state index contributed by atoms with van der Waals surface area (Å²) in [5.41, 5.74) is 2.08. The lowest BCUT2D eigenvalue weighted by molar-refractivity contribution is -0.143. The Labute approximate surface area is 158 Å². The lowest BCUT2D eigenvalue weighted by atomic mass is 9.69. The SMILES string of the molecule is CN(C)N1C(=O)C[C@H](c2cccc(Cl)c2Cl)C2=C1CC(C)(C)CC2=O. The highest BCUT2D eigenvalue weighted by atomic mass is 35.5. The molecule has 4 nitrogen and oxygen atoms in total. The summed E-state index contributed by atoms with van der Waals surface area (Å²) < 4.78 is 0. The van der Waals surface area contributed by atoms with Crippen LogP contribution in [0, 0.1) is 5.41 Å². The van der Waals surface area contributed by atoms with Crippen molar-refractivity contribution >= 4 is 34.9 Å². The third-order valence-corrected chi connectivity index (χ3v) is 5.71. The Morgan fingerprint density at radius 2 is 1.84 bits per heavy atom. The number of nitrogens with zero attached hydrogens (tertiary/aromatic N) is 2. The molecule has 25 heavy (non-hydrogen) atoms. The summed E-state index contributed by atoms with van der Waals surface area (Å²) in [6, 6.07) is 5.38. The molecule has 2 aliphatic rings. The molecular formula is C19H22Cl2N2O2. The zero-order valence-electron chi connectivity index (χ0n) is 14.9. The Morgan fingerprint density at radius 1 is 1.16 bits per heavy atom. The standard InChI is InChI=1S/C19H22Cl2N2O2/c1-19(2)9-14-17(15(24)10-19)12(8-16(25)23(14)22(3)4)11-6-5-7-13(20)18(11)21/h5-7,12H,8-10H2,1-4H3/t12-/m1/s1. The van der Waals surface area contributed by atoms with Crippen LogP contribution in [-0.2, 0) is 9.59 Å². The van der Waals surface area contributed by atoms with Crippen molar-refractivity contribution in [3.05, 3.63) is 45.1 Å². The molecule has 1 aromatic rings. The number of hydrogen-bond acceptors (Lipinski definition) is 3. The second kappa shape index (κ2) is 6.42. The molecule has 1 aliphatic heterocycles. The highest BCUT2D eigenvalue weighted by Gasteiger charge is 2.45. The summed E-state index contributed by atoms with van der Waals surface area (Å²) in [5, 5.41) is 4.25. The first-order valence-corrected chi connectivity index (χ1v) is 9.08. The van der Waals surface area contributed by atoms with Gasteiger partial charge in [-0.05, 0) is 23.5 Å². The second-order valence-electron chi connectivity index (χ2n) is 7.75. The van der Waals surface area contributed by atoms with Gasteiger partial charge in [0.1, 0.15) is 0 Å². The largest absolute Gasteiger partial charge is 0.294 e. The molecule has 1 amide bonds. The Bertz CT molecular complexity index is 784. The molecule has 1 aromatic carbocycles. The first kappa shape index (κ1) is 18.4. The van der Waals surface area contributed by atoms with E-state index in [0.717, 1.165) is 11.3 Å². The molecule has 0 bridgehead atoms. The summed E-state index contributed by atoms with van der Waals surface area (Å²) >= 11 is 12.6. The normalized spacial score (nSPS) is 23.3. The molecule has 0 saturated heterocycles. The van der Waals surface area contributed by atoms with Gasteiger partial charge in [-0.1, -0.05) is 49.2 Å². The summed E-state index contributed by atoms with van der Waals surface area (Å²) in [7, 11) is 3.64. The number of hydrazine groups is 1. The van der Waals surface area contributed by atoms with Gasteiger partial charge in [-0.15, -0.1) is 0 Å². The van der Waals surface area contributed by atoms with E-state index in [-0.39, 0.29) is 29.4 Å². The highest BCUT2D eigenvalue weighted by Crippen LogP contribution is 2.48. The molecule has 6 heteroatoms. The van der Waals surface area contributed by atoms with Gasteiger partial charge >= 0.3 is 0 Å². The molecule has 134 valence electrons. The maximum atomic E-state index is 13.0. The highest BCUT2D eigenvalue weighted by molar-refractivity contribution is 6.42. The number of hydrogen-bond donors (Lipinski definition) is 0. The van der Waals surface area contributed by atoms with Crippen molar-refractivity contribution in [1.29, 1.82) is 0 Å². The summed E-state index contributed by atoms with van der Waals surface area (Å²) in [4.78, 5) is 25.9. The fraction of sp³-hybridized carbons (Fsp3) is 0.474. The molecule has 1 atom stereocenters. The molecule has 0 unspecified atom stereocenters. The molecule has 3 rings (SSSR count). The number of benzene rings is 1. The predicted octanol–water partition coefficient (Wildman–Crippen LogP) is 4.43. The second-order valence-corrected chi connectivity index (χ2v) is 8.54. The van der Waals surface area contributed by atoms with Crippen molar-refractivity contribution in [3.8, 4) is 0 Å². The van der Waals surface area contributed by atoms with E-state index in [4.69, 9.17) is 23.2 Å². The van der Waals surface area contributed by atoms with Crippen LogP contribution in [0.4, 0.5) is 0 Å². The van der Waals surface area contributed by atoms with Crippen molar-refractivity contribution < 1.29 is 9.59 Å². The quantitative estimate of drug-likeness (QED) is 0.761. The smallest absolute Gasteiger partial charge is 0.242 e. The minimum Gasteiger partial charge on any atom is -0.294 e. The average molecular weight is 381 g/mol. The molecule has 0 N–H and O–H groups in total. The maximum absolute atomic E-state index is 13.0. The van der Waals surface area contributed by atoms with Gasteiger partial charge in [-0.3, -0.25) is 9.59 Å². The van der Waals surface area contributed by atoms with Gasteiger partial charge in [0.25, 0.3) is 0 Å². The zero-order valence-corrected chi connectivity index (χ0v) is 16.4. The van der Waals surface area contributed by atoms with Crippen LogP contribution < -0.4 is 0 Å².